The smallest absolute Gasteiger partial charge is 0.348 e. The first-order chi connectivity index (χ1) is 13.0. The Labute approximate surface area is 161 Å². The normalized spacial score (nSPS) is 15.4. The molecule has 0 atom stereocenters. The molecule has 1 aliphatic rings. The number of ether oxygens (including phenoxy) is 1. The van der Waals surface area contributed by atoms with E-state index < -0.39 is 5.97 Å². The van der Waals surface area contributed by atoms with Gasteiger partial charge in [0.05, 0.1) is 18.3 Å². The predicted octanol–water partition coefficient (Wildman–Crippen LogP) is 2.74. The molecule has 1 aliphatic heterocycles. The topological polar surface area (TPSA) is 81.5 Å². The van der Waals surface area contributed by atoms with Gasteiger partial charge in [0.1, 0.15) is 16.3 Å². The molecule has 3 heterocycles. The number of esters is 1. The van der Waals surface area contributed by atoms with Gasteiger partial charge in [0.15, 0.2) is 0 Å². The molecule has 1 fully saturated rings. The maximum atomic E-state index is 12.9. The minimum absolute atomic E-state index is 0.0220. The van der Waals surface area contributed by atoms with Crippen LogP contribution in [0.1, 0.15) is 54.3 Å². The molecule has 0 unspecified atom stereocenters. The quantitative estimate of drug-likeness (QED) is 0.749. The highest BCUT2D eigenvalue weighted by Crippen LogP contribution is 2.27. The summed E-state index contributed by atoms with van der Waals surface area (Å²) in [5, 5.41) is 0.394. The van der Waals surface area contributed by atoms with Gasteiger partial charge in [-0.25, -0.2) is 9.78 Å². The van der Waals surface area contributed by atoms with E-state index >= 15 is 0 Å². The first kappa shape index (κ1) is 19.5. The summed E-state index contributed by atoms with van der Waals surface area (Å²) in [6, 6.07) is 0. The summed E-state index contributed by atoms with van der Waals surface area (Å²) in [5.41, 5.74) is 0.281. The molecule has 3 rings (SSSR count). The lowest BCUT2D eigenvalue weighted by atomic mass is 10.1. The number of nitrogens with zero attached hydrogens (tertiary/aromatic N) is 3. The minimum atomic E-state index is -0.444. The van der Waals surface area contributed by atoms with E-state index in [4.69, 9.17) is 4.74 Å². The Morgan fingerprint density at radius 3 is 2.52 bits per heavy atom. The van der Waals surface area contributed by atoms with Gasteiger partial charge >= 0.3 is 5.97 Å². The van der Waals surface area contributed by atoms with Crippen LogP contribution in [0, 0.1) is 6.92 Å². The largest absolute Gasteiger partial charge is 0.462 e. The molecular formula is C19H25N3O4S. The van der Waals surface area contributed by atoms with Gasteiger partial charge in [0.25, 0.3) is 5.56 Å². The van der Waals surface area contributed by atoms with Gasteiger partial charge in [-0.2, -0.15) is 0 Å². The summed E-state index contributed by atoms with van der Waals surface area (Å²) in [6.45, 7) is 5.20. The fourth-order valence-electron chi connectivity index (χ4n) is 3.41. The highest BCUT2D eigenvalue weighted by atomic mass is 32.1. The molecule has 0 aliphatic carbocycles. The van der Waals surface area contributed by atoms with Crippen LogP contribution in [0.4, 0.5) is 0 Å². The Kier molecular flexibility index (Phi) is 6.26. The van der Waals surface area contributed by atoms with Crippen molar-refractivity contribution >= 4 is 33.4 Å². The highest BCUT2D eigenvalue weighted by molar-refractivity contribution is 7.20. The van der Waals surface area contributed by atoms with Crippen molar-refractivity contribution in [2.24, 2.45) is 0 Å². The van der Waals surface area contributed by atoms with E-state index in [1.807, 2.05) is 4.90 Å². The molecule has 0 radical (unpaired) electrons. The van der Waals surface area contributed by atoms with Crippen LogP contribution in [-0.4, -0.2) is 46.0 Å². The van der Waals surface area contributed by atoms with Gasteiger partial charge in [0.2, 0.25) is 5.91 Å². The van der Waals surface area contributed by atoms with Crippen LogP contribution in [-0.2, 0) is 16.1 Å². The fraction of sp³-hybridized carbons (Fsp3) is 0.579. The standard InChI is InChI=1S/C19H25N3O4S/c1-3-26-19(25)16-13(2)15-17(27-16)20-12-22(18(15)24)11-14(23)21-9-7-5-4-6-8-10-21/h12H,3-11H2,1-2H3. The van der Waals surface area contributed by atoms with Gasteiger partial charge in [-0.3, -0.25) is 14.2 Å². The first-order valence-corrected chi connectivity index (χ1v) is 10.3. The zero-order valence-electron chi connectivity index (χ0n) is 15.8. The molecule has 1 saturated heterocycles. The van der Waals surface area contributed by atoms with Crippen molar-refractivity contribution in [3.8, 4) is 0 Å². The van der Waals surface area contributed by atoms with Gasteiger partial charge in [0, 0.05) is 13.1 Å². The molecule has 2 aromatic rings. The average Bonchev–Trinajstić information content (AvgIpc) is 2.95. The van der Waals surface area contributed by atoms with Crippen LogP contribution in [0.25, 0.3) is 10.2 Å². The Morgan fingerprint density at radius 2 is 1.85 bits per heavy atom. The third kappa shape index (κ3) is 4.21. The van der Waals surface area contributed by atoms with E-state index in [2.05, 4.69) is 4.98 Å². The summed E-state index contributed by atoms with van der Waals surface area (Å²) >= 11 is 1.15. The van der Waals surface area contributed by atoms with Crippen LogP contribution in [0.15, 0.2) is 11.1 Å². The zero-order valence-corrected chi connectivity index (χ0v) is 16.6. The van der Waals surface area contributed by atoms with Crippen LogP contribution < -0.4 is 5.56 Å². The van der Waals surface area contributed by atoms with Gasteiger partial charge < -0.3 is 9.64 Å². The Bertz CT molecular complexity index is 894. The van der Waals surface area contributed by atoms with E-state index in [9.17, 15) is 14.4 Å². The molecule has 2 aromatic heterocycles. The van der Waals surface area contributed by atoms with Crippen LogP contribution in [0.5, 0.6) is 0 Å². The number of hydrogen-bond acceptors (Lipinski definition) is 6. The Morgan fingerprint density at radius 1 is 1.19 bits per heavy atom. The highest BCUT2D eigenvalue weighted by Gasteiger charge is 2.22. The van der Waals surface area contributed by atoms with Gasteiger partial charge in [-0.15, -0.1) is 11.3 Å². The number of hydrogen-bond donors (Lipinski definition) is 0. The molecule has 7 nitrogen and oxygen atoms in total. The summed E-state index contributed by atoms with van der Waals surface area (Å²) in [6.07, 6.45) is 6.92. The van der Waals surface area contributed by atoms with E-state index in [1.165, 1.54) is 17.3 Å². The van der Waals surface area contributed by atoms with Crippen molar-refractivity contribution in [3.05, 3.63) is 27.1 Å². The van der Waals surface area contributed by atoms with Crippen molar-refractivity contribution < 1.29 is 14.3 Å². The average molecular weight is 391 g/mol. The molecular weight excluding hydrogens is 366 g/mol. The molecule has 0 bridgehead atoms. The van der Waals surface area contributed by atoms with Crippen molar-refractivity contribution in [2.75, 3.05) is 19.7 Å². The number of carbonyl (C=O) groups excluding carboxylic acids is 2. The molecule has 146 valence electrons. The first-order valence-electron chi connectivity index (χ1n) is 9.46. The summed E-state index contributed by atoms with van der Waals surface area (Å²) in [4.78, 5) is 44.7. The lowest BCUT2D eigenvalue weighted by Gasteiger charge is -2.25. The summed E-state index contributed by atoms with van der Waals surface area (Å²) in [7, 11) is 0. The zero-order chi connectivity index (χ0) is 19.4. The third-order valence-corrected chi connectivity index (χ3v) is 6.07. The maximum Gasteiger partial charge on any atom is 0.348 e. The maximum absolute atomic E-state index is 12.9. The second-order valence-corrected chi connectivity index (χ2v) is 7.78. The molecule has 8 heteroatoms. The monoisotopic (exact) mass is 391 g/mol. The molecule has 0 spiro atoms. The van der Waals surface area contributed by atoms with E-state index in [0.717, 1.165) is 50.1 Å². The van der Waals surface area contributed by atoms with Crippen LogP contribution >= 0.6 is 11.3 Å². The van der Waals surface area contributed by atoms with Crippen LogP contribution in [0.3, 0.4) is 0 Å². The van der Waals surface area contributed by atoms with E-state index in [1.54, 1.807) is 13.8 Å². The molecule has 1 amide bonds. The molecule has 0 saturated carbocycles. The van der Waals surface area contributed by atoms with E-state index in [0.29, 0.717) is 20.7 Å². The third-order valence-electron chi connectivity index (χ3n) is 4.89. The van der Waals surface area contributed by atoms with E-state index in [-0.39, 0.29) is 24.6 Å². The lowest BCUT2D eigenvalue weighted by Crippen LogP contribution is -2.38. The Hall–Kier alpha value is -2.22. The molecule has 0 aromatic carbocycles. The number of rotatable bonds is 4. The molecule has 0 N–H and O–H groups in total. The predicted molar refractivity (Wildman–Crippen MR) is 104 cm³/mol. The lowest BCUT2D eigenvalue weighted by molar-refractivity contribution is -0.132. The number of likely N-dealkylation sites (tertiary alicyclic amines) is 1. The second-order valence-electron chi connectivity index (χ2n) is 6.78. The SMILES string of the molecule is CCOC(=O)c1sc2ncn(CC(=O)N3CCCCCCC3)c(=O)c2c1C. The fourth-order valence-corrected chi connectivity index (χ4v) is 4.44. The summed E-state index contributed by atoms with van der Waals surface area (Å²) < 4.78 is 6.39. The number of amides is 1. The number of thiophene rings is 1. The van der Waals surface area contributed by atoms with Gasteiger partial charge in [-0.1, -0.05) is 19.3 Å². The van der Waals surface area contributed by atoms with Crippen molar-refractivity contribution in [2.45, 2.75) is 52.5 Å². The number of carbonyl (C=O) groups is 2. The Balaban J connectivity index is 1.86. The van der Waals surface area contributed by atoms with Crippen molar-refractivity contribution in [3.63, 3.8) is 0 Å². The number of aromatic nitrogens is 2. The van der Waals surface area contributed by atoms with Gasteiger partial charge in [-0.05, 0) is 32.3 Å². The van der Waals surface area contributed by atoms with Crippen molar-refractivity contribution in [1.29, 1.82) is 0 Å². The molecule has 27 heavy (non-hydrogen) atoms. The summed E-state index contributed by atoms with van der Waals surface area (Å²) in [5.74, 6) is -0.501. The van der Waals surface area contributed by atoms with Crippen LogP contribution in [0.2, 0.25) is 0 Å². The number of fused-ring (bicyclic) bond motifs is 1. The second kappa shape index (κ2) is 8.65. The van der Waals surface area contributed by atoms with Crippen molar-refractivity contribution in [1.82, 2.24) is 14.5 Å². The minimum Gasteiger partial charge on any atom is -0.462 e. The number of aryl methyl sites for hydroxylation is 1.